The summed E-state index contributed by atoms with van der Waals surface area (Å²) in [6, 6.07) is 17.3. The number of allylic oxidation sites excluding steroid dienone is 1. The number of benzene rings is 2. The lowest BCUT2D eigenvalue weighted by Gasteiger charge is -2.15. The van der Waals surface area contributed by atoms with Crippen LogP contribution in [0.15, 0.2) is 54.6 Å². The first kappa shape index (κ1) is 18.5. The van der Waals surface area contributed by atoms with Crippen molar-refractivity contribution in [3.8, 4) is 0 Å². The van der Waals surface area contributed by atoms with Crippen molar-refractivity contribution in [2.24, 2.45) is 0 Å². The van der Waals surface area contributed by atoms with Gasteiger partial charge in [-0.1, -0.05) is 68.5 Å². The van der Waals surface area contributed by atoms with Crippen molar-refractivity contribution >= 4 is 11.7 Å². The summed E-state index contributed by atoms with van der Waals surface area (Å²) >= 11 is 0. The van der Waals surface area contributed by atoms with Gasteiger partial charge in [0.25, 0.3) is 0 Å². The molecular weight excluding hydrogens is 288 g/mol. The Bertz CT molecular complexity index is 654. The van der Waals surface area contributed by atoms with E-state index in [4.69, 9.17) is 15.0 Å². The maximum Gasteiger partial charge on any atom is 0.503 e. The van der Waals surface area contributed by atoms with Crippen LogP contribution >= 0.6 is 0 Å². The van der Waals surface area contributed by atoms with Gasteiger partial charge in [-0.05, 0) is 47.6 Å². The summed E-state index contributed by atoms with van der Waals surface area (Å²) in [5, 5.41) is 13.9. The molecule has 0 atom stereocenters. The Labute approximate surface area is 137 Å². The fourth-order valence-electron chi connectivity index (χ4n) is 2.73. The van der Waals surface area contributed by atoms with Crippen LogP contribution in [0.5, 0.6) is 0 Å². The first-order chi connectivity index (χ1) is 11.0. The van der Waals surface area contributed by atoms with E-state index in [2.05, 4.69) is 75.4 Å². The SMILES string of the molecule is CC=C(c1ccccc1)c1cccc(CC)c1CC.O=C(O)O. The van der Waals surface area contributed by atoms with Crippen LogP contribution in [0.2, 0.25) is 0 Å². The first-order valence-electron chi connectivity index (χ1n) is 7.79. The molecule has 2 rings (SSSR count). The standard InChI is InChI=1S/C19H22.CH2O3/c1-4-15-13-10-14-19(17(15)5-2)18(6-3)16-11-8-7-9-12-16;2-1(3)4/h6-14H,4-5H2,1-3H3;(H2,2,3,4). The number of hydrogen-bond donors (Lipinski definition) is 2. The molecule has 0 fully saturated rings. The molecule has 0 radical (unpaired) electrons. The van der Waals surface area contributed by atoms with E-state index in [-0.39, 0.29) is 0 Å². The lowest BCUT2D eigenvalue weighted by atomic mass is 9.89. The van der Waals surface area contributed by atoms with Gasteiger partial charge in [0.2, 0.25) is 0 Å². The zero-order chi connectivity index (χ0) is 17.2. The highest BCUT2D eigenvalue weighted by Gasteiger charge is 2.10. The van der Waals surface area contributed by atoms with E-state index < -0.39 is 6.16 Å². The fraction of sp³-hybridized carbons (Fsp3) is 0.250. The van der Waals surface area contributed by atoms with Gasteiger partial charge in [-0.15, -0.1) is 0 Å². The molecule has 3 heteroatoms. The maximum atomic E-state index is 8.56. The molecule has 0 spiro atoms. The number of aryl methyl sites for hydroxylation is 1. The van der Waals surface area contributed by atoms with Gasteiger partial charge in [-0.2, -0.15) is 0 Å². The van der Waals surface area contributed by atoms with Gasteiger partial charge in [0.15, 0.2) is 0 Å². The summed E-state index contributed by atoms with van der Waals surface area (Å²) < 4.78 is 0. The third-order valence-corrected chi connectivity index (χ3v) is 3.67. The number of rotatable bonds is 4. The average Bonchev–Trinajstić information content (AvgIpc) is 2.55. The van der Waals surface area contributed by atoms with Crippen molar-refractivity contribution in [1.82, 2.24) is 0 Å². The zero-order valence-corrected chi connectivity index (χ0v) is 13.9. The summed E-state index contributed by atoms with van der Waals surface area (Å²) in [7, 11) is 0. The molecular formula is C20H24O3. The molecule has 0 aliphatic carbocycles. The lowest BCUT2D eigenvalue weighted by molar-refractivity contribution is 0.137. The lowest BCUT2D eigenvalue weighted by Crippen LogP contribution is -1.99. The Morgan fingerprint density at radius 2 is 1.57 bits per heavy atom. The molecule has 0 saturated carbocycles. The fourth-order valence-corrected chi connectivity index (χ4v) is 2.73. The van der Waals surface area contributed by atoms with Crippen LogP contribution in [-0.2, 0) is 12.8 Å². The number of hydrogen-bond acceptors (Lipinski definition) is 1. The highest BCUT2D eigenvalue weighted by Crippen LogP contribution is 2.28. The van der Waals surface area contributed by atoms with Crippen molar-refractivity contribution in [2.45, 2.75) is 33.6 Å². The van der Waals surface area contributed by atoms with Crippen LogP contribution in [0.3, 0.4) is 0 Å². The molecule has 0 unspecified atom stereocenters. The van der Waals surface area contributed by atoms with Crippen molar-refractivity contribution < 1.29 is 15.0 Å². The van der Waals surface area contributed by atoms with E-state index in [0.717, 1.165) is 12.8 Å². The molecule has 0 aliphatic heterocycles. The molecule has 0 heterocycles. The van der Waals surface area contributed by atoms with Gasteiger partial charge < -0.3 is 10.2 Å². The predicted octanol–water partition coefficient (Wildman–Crippen LogP) is 5.49. The third-order valence-electron chi connectivity index (χ3n) is 3.67. The Morgan fingerprint density at radius 3 is 2.04 bits per heavy atom. The van der Waals surface area contributed by atoms with Gasteiger partial charge in [0.1, 0.15) is 0 Å². The largest absolute Gasteiger partial charge is 0.503 e. The summed E-state index contributed by atoms with van der Waals surface area (Å²) in [6.07, 6.45) is 2.58. The summed E-state index contributed by atoms with van der Waals surface area (Å²) in [5.41, 5.74) is 6.98. The Morgan fingerprint density at radius 1 is 0.957 bits per heavy atom. The molecule has 0 saturated heterocycles. The second-order valence-electron chi connectivity index (χ2n) is 5.00. The van der Waals surface area contributed by atoms with Gasteiger partial charge in [-0.25, -0.2) is 4.79 Å². The van der Waals surface area contributed by atoms with Crippen LogP contribution in [0, 0.1) is 0 Å². The molecule has 0 amide bonds. The molecule has 2 N–H and O–H groups in total. The quantitative estimate of drug-likeness (QED) is 0.785. The maximum absolute atomic E-state index is 8.56. The van der Waals surface area contributed by atoms with E-state index in [1.165, 1.54) is 27.8 Å². The van der Waals surface area contributed by atoms with Crippen LogP contribution in [-0.4, -0.2) is 16.4 Å². The summed E-state index contributed by atoms with van der Waals surface area (Å²) in [6.45, 7) is 6.60. The molecule has 3 nitrogen and oxygen atoms in total. The number of carboxylic acid groups (broad SMARTS) is 2. The molecule has 2 aromatic carbocycles. The van der Waals surface area contributed by atoms with Crippen LogP contribution in [0.1, 0.15) is 43.0 Å². The highest BCUT2D eigenvalue weighted by molar-refractivity contribution is 5.81. The minimum atomic E-state index is -1.83. The molecule has 122 valence electrons. The Balaban J connectivity index is 0.000000593. The van der Waals surface area contributed by atoms with Crippen LogP contribution < -0.4 is 0 Å². The van der Waals surface area contributed by atoms with E-state index in [9.17, 15) is 0 Å². The third kappa shape index (κ3) is 5.29. The first-order valence-corrected chi connectivity index (χ1v) is 7.79. The number of carbonyl (C=O) groups is 1. The minimum Gasteiger partial charge on any atom is -0.450 e. The van der Waals surface area contributed by atoms with Crippen molar-refractivity contribution in [2.75, 3.05) is 0 Å². The zero-order valence-electron chi connectivity index (χ0n) is 13.9. The monoisotopic (exact) mass is 312 g/mol. The average molecular weight is 312 g/mol. The molecule has 0 aromatic heterocycles. The highest BCUT2D eigenvalue weighted by atomic mass is 16.6. The molecule has 23 heavy (non-hydrogen) atoms. The summed E-state index contributed by atoms with van der Waals surface area (Å²) in [4.78, 5) is 8.56. The van der Waals surface area contributed by atoms with Gasteiger partial charge in [-0.3, -0.25) is 0 Å². The van der Waals surface area contributed by atoms with Gasteiger partial charge in [0.05, 0.1) is 0 Å². The Kier molecular flexibility index (Phi) is 7.61. The predicted molar refractivity (Wildman–Crippen MR) is 95.0 cm³/mol. The van der Waals surface area contributed by atoms with Gasteiger partial charge >= 0.3 is 6.16 Å². The van der Waals surface area contributed by atoms with E-state index in [1.54, 1.807) is 0 Å². The van der Waals surface area contributed by atoms with E-state index >= 15 is 0 Å². The van der Waals surface area contributed by atoms with E-state index in [1.807, 2.05) is 0 Å². The van der Waals surface area contributed by atoms with Crippen LogP contribution in [0.4, 0.5) is 4.79 Å². The van der Waals surface area contributed by atoms with Crippen molar-refractivity contribution in [3.63, 3.8) is 0 Å². The normalized spacial score (nSPS) is 10.7. The molecule has 0 aliphatic rings. The molecule has 0 bridgehead atoms. The van der Waals surface area contributed by atoms with Crippen molar-refractivity contribution in [3.05, 3.63) is 76.9 Å². The topological polar surface area (TPSA) is 57.5 Å². The smallest absolute Gasteiger partial charge is 0.450 e. The second-order valence-corrected chi connectivity index (χ2v) is 5.00. The van der Waals surface area contributed by atoms with Crippen molar-refractivity contribution in [1.29, 1.82) is 0 Å². The van der Waals surface area contributed by atoms with Crippen LogP contribution in [0.25, 0.3) is 5.57 Å². The van der Waals surface area contributed by atoms with E-state index in [0.29, 0.717) is 0 Å². The Hall–Kier alpha value is -2.55. The minimum absolute atomic E-state index is 1.09. The second kappa shape index (κ2) is 9.46. The molecule has 2 aromatic rings. The van der Waals surface area contributed by atoms with Gasteiger partial charge in [0, 0.05) is 0 Å². The summed E-state index contributed by atoms with van der Waals surface area (Å²) in [5.74, 6) is 0.